The first-order valence-corrected chi connectivity index (χ1v) is 13.8. The van der Waals surface area contributed by atoms with Gasteiger partial charge in [-0.1, -0.05) is 6.92 Å². The van der Waals surface area contributed by atoms with Gasteiger partial charge in [-0.2, -0.15) is 0 Å². The zero-order valence-corrected chi connectivity index (χ0v) is 20.6. The summed E-state index contributed by atoms with van der Waals surface area (Å²) in [5.74, 6) is 2.31. The molecule has 0 atom stereocenters. The number of ether oxygens (including phenoxy) is 2. The molecule has 4 aliphatic carbocycles. The summed E-state index contributed by atoms with van der Waals surface area (Å²) in [6.07, 6.45) is 19.1. The molecule has 4 saturated carbocycles. The van der Waals surface area contributed by atoms with Gasteiger partial charge in [0.2, 0.25) is 0 Å². The average molecular weight is 447 g/mol. The molecule has 4 rings (SSSR count). The van der Waals surface area contributed by atoms with Gasteiger partial charge in [-0.25, -0.2) is 0 Å². The summed E-state index contributed by atoms with van der Waals surface area (Å²) in [5, 5.41) is 0. The van der Waals surface area contributed by atoms with Crippen LogP contribution < -0.4 is 0 Å². The van der Waals surface area contributed by atoms with Gasteiger partial charge < -0.3 is 9.47 Å². The second kappa shape index (κ2) is 11.6. The number of ketones is 2. The van der Waals surface area contributed by atoms with E-state index in [9.17, 15) is 9.59 Å². The Kier molecular flexibility index (Phi) is 8.84. The SMILES string of the molecule is CC(=O)C1CCC(C(=O)C2CCC(OC3CCC(OC4CCC(C)CC4)CC3)CC2)CC1. The van der Waals surface area contributed by atoms with Crippen molar-refractivity contribution in [3.05, 3.63) is 0 Å². The molecule has 32 heavy (non-hydrogen) atoms. The monoisotopic (exact) mass is 446 g/mol. The minimum atomic E-state index is 0.204. The highest BCUT2D eigenvalue weighted by Gasteiger charge is 2.35. The highest BCUT2D eigenvalue weighted by Crippen LogP contribution is 2.37. The zero-order chi connectivity index (χ0) is 22.5. The van der Waals surface area contributed by atoms with Gasteiger partial charge in [0.05, 0.1) is 24.4 Å². The summed E-state index contributed by atoms with van der Waals surface area (Å²) in [4.78, 5) is 24.6. The second-order valence-electron chi connectivity index (χ2n) is 11.6. The van der Waals surface area contributed by atoms with Crippen molar-refractivity contribution in [1.29, 1.82) is 0 Å². The highest BCUT2D eigenvalue weighted by molar-refractivity contribution is 5.84. The smallest absolute Gasteiger partial charge is 0.139 e. The largest absolute Gasteiger partial charge is 0.375 e. The molecule has 0 radical (unpaired) electrons. The predicted octanol–water partition coefficient (Wildman–Crippen LogP) is 6.43. The van der Waals surface area contributed by atoms with Gasteiger partial charge in [-0.05, 0) is 116 Å². The third kappa shape index (κ3) is 6.65. The number of hydrogen-bond donors (Lipinski definition) is 0. The summed E-state index contributed by atoms with van der Waals surface area (Å²) in [7, 11) is 0. The first-order chi connectivity index (χ1) is 15.5. The van der Waals surface area contributed by atoms with E-state index in [0.29, 0.717) is 36.0 Å². The molecule has 0 N–H and O–H groups in total. The van der Waals surface area contributed by atoms with Crippen molar-refractivity contribution >= 4 is 11.6 Å². The number of Topliss-reactive ketones (excluding diaryl/α,β-unsaturated/α-hetero) is 2. The van der Waals surface area contributed by atoms with E-state index in [4.69, 9.17) is 9.47 Å². The van der Waals surface area contributed by atoms with Crippen LogP contribution in [-0.4, -0.2) is 36.0 Å². The maximum Gasteiger partial charge on any atom is 0.139 e. The average Bonchev–Trinajstić information content (AvgIpc) is 2.82. The summed E-state index contributed by atoms with van der Waals surface area (Å²) < 4.78 is 12.9. The van der Waals surface area contributed by atoms with Crippen molar-refractivity contribution in [3.8, 4) is 0 Å². The van der Waals surface area contributed by atoms with Gasteiger partial charge in [-0.3, -0.25) is 9.59 Å². The van der Waals surface area contributed by atoms with Crippen LogP contribution in [0.25, 0.3) is 0 Å². The zero-order valence-electron chi connectivity index (χ0n) is 20.6. The first-order valence-electron chi connectivity index (χ1n) is 13.8. The Bertz CT molecular complexity index is 599. The molecule has 0 amide bonds. The molecule has 0 aliphatic heterocycles. The van der Waals surface area contributed by atoms with Gasteiger partial charge in [0.25, 0.3) is 0 Å². The molecular weight excluding hydrogens is 400 g/mol. The van der Waals surface area contributed by atoms with Crippen LogP contribution in [0.4, 0.5) is 0 Å². The molecule has 4 aliphatic rings. The number of carbonyl (C=O) groups excluding carboxylic acids is 2. The van der Waals surface area contributed by atoms with Gasteiger partial charge in [0, 0.05) is 17.8 Å². The second-order valence-corrected chi connectivity index (χ2v) is 11.6. The molecule has 4 fully saturated rings. The molecule has 0 aromatic carbocycles. The molecule has 0 aromatic heterocycles. The molecule has 0 heterocycles. The summed E-state index contributed by atoms with van der Waals surface area (Å²) in [5.41, 5.74) is 0. The van der Waals surface area contributed by atoms with Crippen molar-refractivity contribution in [2.75, 3.05) is 0 Å². The Labute approximate surface area is 195 Å². The van der Waals surface area contributed by atoms with E-state index in [1.165, 1.54) is 25.7 Å². The lowest BCUT2D eigenvalue weighted by Crippen LogP contribution is -2.36. The van der Waals surface area contributed by atoms with E-state index in [2.05, 4.69) is 6.92 Å². The standard InChI is InChI=1S/C28H46O4/c1-19-3-11-24(12-4-19)31-26-15-17-27(18-16-26)32-25-13-9-23(10-14-25)28(30)22-7-5-21(6-8-22)20(2)29/h19,21-27H,3-18H2,1-2H3. The molecule has 4 heteroatoms. The molecular formula is C28H46O4. The van der Waals surface area contributed by atoms with E-state index in [-0.39, 0.29) is 17.8 Å². The van der Waals surface area contributed by atoms with Crippen molar-refractivity contribution in [2.24, 2.45) is 23.7 Å². The van der Waals surface area contributed by atoms with Crippen LogP contribution in [-0.2, 0) is 19.1 Å². The van der Waals surface area contributed by atoms with Crippen LogP contribution in [0.5, 0.6) is 0 Å². The van der Waals surface area contributed by atoms with Crippen LogP contribution >= 0.6 is 0 Å². The molecule has 0 spiro atoms. The van der Waals surface area contributed by atoms with E-state index in [1.807, 2.05) is 0 Å². The molecule has 0 aromatic rings. The lowest BCUT2D eigenvalue weighted by molar-refractivity contribution is -0.133. The van der Waals surface area contributed by atoms with Crippen LogP contribution in [0.3, 0.4) is 0 Å². The van der Waals surface area contributed by atoms with E-state index in [0.717, 1.165) is 83.0 Å². The minimum absolute atomic E-state index is 0.204. The van der Waals surface area contributed by atoms with Gasteiger partial charge in [-0.15, -0.1) is 0 Å². The summed E-state index contributed by atoms with van der Waals surface area (Å²) in [6.45, 7) is 4.06. The first kappa shape index (κ1) is 24.4. The summed E-state index contributed by atoms with van der Waals surface area (Å²) in [6, 6.07) is 0. The fourth-order valence-corrected chi connectivity index (χ4v) is 6.82. The summed E-state index contributed by atoms with van der Waals surface area (Å²) >= 11 is 0. The number of rotatable bonds is 7. The van der Waals surface area contributed by atoms with Crippen molar-refractivity contribution in [3.63, 3.8) is 0 Å². The molecule has 182 valence electrons. The Morgan fingerprint density at radius 2 is 0.812 bits per heavy atom. The van der Waals surface area contributed by atoms with E-state index >= 15 is 0 Å². The predicted molar refractivity (Wildman–Crippen MR) is 127 cm³/mol. The molecule has 0 saturated heterocycles. The topological polar surface area (TPSA) is 52.6 Å². The van der Waals surface area contributed by atoms with Crippen LogP contribution in [0.1, 0.15) is 117 Å². The van der Waals surface area contributed by atoms with Crippen molar-refractivity contribution < 1.29 is 19.1 Å². The van der Waals surface area contributed by atoms with E-state index < -0.39 is 0 Å². The fraction of sp³-hybridized carbons (Fsp3) is 0.929. The lowest BCUT2D eigenvalue weighted by Gasteiger charge is -2.37. The quantitative estimate of drug-likeness (QED) is 0.452. The maximum absolute atomic E-state index is 13.0. The third-order valence-corrected chi connectivity index (χ3v) is 9.13. The fourth-order valence-electron chi connectivity index (χ4n) is 6.82. The molecule has 4 nitrogen and oxygen atoms in total. The number of hydrogen-bond acceptors (Lipinski definition) is 4. The normalized spacial score (nSPS) is 41.2. The van der Waals surface area contributed by atoms with Crippen molar-refractivity contribution in [1.82, 2.24) is 0 Å². The lowest BCUT2D eigenvalue weighted by atomic mass is 9.73. The van der Waals surface area contributed by atoms with E-state index in [1.54, 1.807) is 6.92 Å². The van der Waals surface area contributed by atoms with Crippen LogP contribution in [0.2, 0.25) is 0 Å². The molecule has 0 bridgehead atoms. The Hall–Kier alpha value is -0.740. The van der Waals surface area contributed by atoms with Crippen molar-refractivity contribution in [2.45, 2.75) is 141 Å². The third-order valence-electron chi connectivity index (χ3n) is 9.13. The Morgan fingerprint density at radius 3 is 1.22 bits per heavy atom. The van der Waals surface area contributed by atoms with Crippen LogP contribution in [0, 0.1) is 23.7 Å². The highest BCUT2D eigenvalue weighted by atomic mass is 16.5. The maximum atomic E-state index is 13.0. The van der Waals surface area contributed by atoms with Gasteiger partial charge >= 0.3 is 0 Å². The van der Waals surface area contributed by atoms with Gasteiger partial charge in [0.1, 0.15) is 11.6 Å². The molecule has 0 unspecified atom stereocenters. The Morgan fingerprint density at radius 1 is 0.500 bits per heavy atom. The van der Waals surface area contributed by atoms with Crippen LogP contribution in [0.15, 0.2) is 0 Å². The minimum Gasteiger partial charge on any atom is -0.375 e. The Balaban J connectivity index is 1.11. The van der Waals surface area contributed by atoms with Gasteiger partial charge in [0.15, 0.2) is 0 Å². The number of carbonyl (C=O) groups is 2.